The molecule has 0 radical (unpaired) electrons. The van der Waals surface area contributed by atoms with Crippen molar-refractivity contribution in [2.45, 2.75) is 50.4 Å². The smallest absolute Gasteiger partial charge is 0.122 e. The first kappa shape index (κ1) is 12.0. The third kappa shape index (κ3) is 2.03. The van der Waals surface area contributed by atoms with E-state index in [0.717, 1.165) is 31.7 Å². The third-order valence-electron chi connectivity index (χ3n) is 4.73. The first-order chi connectivity index (χ1) is 8.84. The molecule has 2 N–H and O–H groups in total. The number of benzene rings is 1. The molecular weight excluding hydrogens is 222 g/mol. The lowest BCUT2D eigenvalue weighted by Gasteiger charge is -2.37. The first-order valence-electron chi connectivity index (χ1n) is 7.30. The number of nitrogens with two attached hydrogens (primary N) is 1. The number of ether oxygens (including phenoxy) is 1. The summed E-state index contributed by atoms with van der Waals surface area (Å²) in [6.45, 7) is 1.64. The van der Waals surface area contributed by atoms with Gasteiger partial charge in [0.2, 0.25) is 0 Å². The largest absolute Gasteiger partial charge is 0.493 e. The molecule has 1 saturated carbocycles. The summed E-state index contributed by atoms with van der Waals surface area (Å²) in [6, 6.07) is 6.83. The minimum atomic E-state index is 0.216. The molecule has 1 heterocycles. The second-order valence-corrected chi connectivity index (χ2v) is 5.82. The molecule has 1 aromatic rings. The molecule has 0 unspecified atom stereocenters. The Labute approximate surface area is 110 Å². The van der Waals surface area contributed by atoms with E-state index < -0.39 is 0 Å². The molecule has 2 nitrogen and oxygen atoms in total. The van der Waals surface area contributed by atoms with Crippen molar-refractivity contribution in [3.05, 3.63) is 29.3 Å². The van der Waals surface area contributed by atoms with Crippen molar-refractivity contribution in [2.75, 3.05) is 13.2 Å². The maximum Gasteiger partial charge on any atom is 0.122 e. The van der Waals surface area contributed by atoms with Crippen LogP contribution in [0.25, 0.3) is 0 Å². The van der Waals surface area contributed by atoms with Crippen LogP contribution in [0.4, 0.5) is 0 Å². The van der Waals surface area contributed by atoms with Gasteiger partial charge in [-0.3, -0.25) is 0 Å². The Balaban J connectivity index is 1.94. The van der Waals surface area contributed by atoms with Crippen molar-refractivity contribution < 1.29 is 4.74 Å². The molecule has 3 rings (SSSR count). The second-order valence-electron chi connectivity index (χ2n) is 5.82. The van der Waals surface area contributed by atoms with Crippen molar-refractivity contribution in [3.8, 4) is 5.75 Å². The topological polar surface area (TPSA) is 35.2 Å². The van der Waals surface area contributed by atoms with Crippen molar-refractivity contribution in [2.24, 2.45) is 5.73 Å². The molecule has 0 aromatic heterocycles. The zero-order valence-electron chi connectivity index (χ0n) is 11.1. The van der Waals surface area contributed by atoms with Gasteiger partial charge in [-0.2, -0.15) is 0 Å². The maximum absolute atomic E-state index is 6.11. The van der Waals surface area contributed by atoms with E-state index in [1.54, 1.807) is 0 Å². The highest BCUT2D eigenvalue weighted by atomic mass is 16.5. The van der Waals surface area contributed by atoms with Crippen LogP contribution in [0.1, 0.15) is 49.7 Å². The molecule has 0 saturated heterocycles. The molecule has 98 valence electrons. The Morgan fingerprint density at radius 3 is 2.72 bits per heavy atom. The summed E-state index contributed by atoms with van der Waals surface area (Å²) in [5.74, 6) is 1.11. The SMILES string of the molecule is NCC1(c2ccc3c(c2)OCCC3)CCCCC1. The Hall–Kier alpha value is -1.02. The van der Waals surface area contributed by atoms with Gasteiger partial charge in [-0.15, -0.1) is 0 Å². The highest BCUT2D eigenvalue weighted by Gasteiger charge is 2.33. The van der Waals surface area contributed by atoms with E-state index in [1.807, 2.05) is 0 Å². The number of rotatable bonds is 2. The van der Waals surface area contributed by atoms with Crippen LogP contribution >= 0.6 is 0 Å². The summed E-state index contributed by atoms with van der Waals surface area (Å²) in [6.07, 6.45) is 8.78. The van der Waals surface area contributed by atoms with E-state index in [1.165, 1.54) is 43.2 Å². The predicted octanol–water partition coefficient (Wildman–Crippen LogP) is 3.17. The zero-order valence-corrected chi connectivity index (χ0v) is 11.1. The van der Waals surface area contributed by atoms with Gasteiger partial charge < -0.3 is 10.5 Å². The second kappa shape index (κ2) is 4.93. The highest BCUT2D eigenvalue weighted by Crippen LogP contribution is 2.40. The van der Waals surface area contributed by atoms with Crippen molar-refractivity contribution >= 4 is 0 Å². The van der Waals surface area contributed by atoms with Crippen LogP contribution in [-0.4, -0.2) is 13.2 Å². The molecule has 2 heteroatoms. The Kier molecular flexibility index (Phi) is 3.29. The molecule has 1 aliphatic carbocycles. The predicted molar refractivity (Wildman–Crippen MR) is 74.1 cm³/mol. The number of hydrogen-bond donors (Lipinski definition) is 1. The summed E-state index contributed by atoms with van der Waals surface area (Å²) in [4.78, 5) is 0. The zero-order chi connectivity index (χ0) is 12.4. The molecule has 1 fully saturated rings. The number of hydrogen-bond acceptors (Lipinski definition) is 2. The van der Waals surface area contributed by atoms with Crippen molar-refractivity contribution in [1.82, 2.24) is 0 Å². The monoisotopic (exact) mass is 245 g/mol. The van der Waals surface area contributed by atoms with Gasteiger partial charge in [-0.05, 0) is 42.9 Å². The average molecular weight is 245 g/mol. The van der Waals surface area contributed by atoms with Crippen LogP contribution in [-0.2, 0) is 11.8 Å². The third-order valence-corrected chi connectivity index (χ3v) is 4.73. The summed E-state index contributed by atoms with van der Waals surface area (Å²) >= 11 is 0. The lowest BCUT2D eigenvalue weighted by molar-refractivity contribution is 0.280. The molecule has 18 heavy (non-hydrogen) atoms. The van der Waals surface area contributed by atoms with E-state index in [4.69, 9.17) is 10.5 Å². The van der Waals surface area contributed by atoms with Crippen LogP contribution in [0.2, 0.25) is 0 Å². The fourth-order valence-electron chi connectivity index (χ4n) is 3.51. The Morgan fingerprint density at radius 2 is 1.94 bits per heavy atom. The van der Waals surface area contributed by atoms with Crippen LogP contribution in [0.5, 0.6) is 5.75 Å². The van der Waals surface area contributed by atoms with Crippen LogP contribution in [0.15, 0.2) is 18.2 Å². The standard InChI is InChI=1S/C16H23NO/c17-12-16(8-2-1-3-9-16)14-7-6-13-5-4-10-18-15(13)11-14/h6-7,11H,1-5,8-10,12,17H2. The molecule has 0 bridgehead atoms. The van der Waals surface area contributed by atoms with Gasteiger partial charge >= 0.3 is 0 Å². The lowest BCUT2D eigenvalue weighted by atomic mass is 9.69. The van der Waals surface area contributed by atoms with Gasteiger partial charge in [0.25, 0.3) is 0 Å². The van der Waals surface area contributed by atoms with Gasteiger partial charge in [0, 0.05) is 12.0 Å². The average Bonchev–Trinajstić information content (AvgIpc) is 2.47. The molecule has 2 aliphatic rings. The molecule has 0 atom stereocenters. The van der Waals surface area contributed by atoms with Gasteiger partial charge in [-0.1, -0.05) is 31.4 Å². The van der Waals surface area contributed by atoms with Crippen LogP contribution in [0.3, 0.4) is 0 Å². The van der Waals surface area contributed by atoms with E-state index in [9.17, 15) is 0 Å². The molecule has 0 amide bonds. The minimum absolute atomic E-state index is 0.216. The molecule has 1 aliphatic heterocycles. The number of fused-ring (bicyclic) bond motifs is 1. The Bertz CT molecular complexity index is 421. The van der Waals surface area contributed by atoms with E-state index in [2.05, 4.69) is 18.2 Å². The van der Waals surface area contributed by atoms with Gasteiger partial charge in [-0.25, -0.2) is 0 Å². The lowest BCUT2D eigenvalue weighted by Crippen LogP contribution is -2.37. The van der Waals surface area contributed by atoms with E-state index in [-0.39, 0.29) is 5.41 Å². The summed E-state index contributed by atoms with van der Waals surface area (Å²) in [5.41, 5.74) is 9.10. The summed E-state index contributed by atoms with van der Waals surface area (Å²) in [5, 5.41) is 0. The normalized spacial score (nSPS) is 22.1. The molecule has 0 spiro atoms. The van der Waals surface area contributed by atoms with Gasteiger partial charge in [0.1, 0.15) is 5.75 Å². The number of aryl methyl sites for hydroxylation is 1. The van der Waals surface area contributed by atoms with Gasteiger partial charge in [0.15, 0.2) is 0 Å². The first-order valence-corrected chi connectivity index (χ1v) is 7.30. The Morgan fingerprint density at radius 1 is 1.11 bits per heavy atom. The van der Waals surface area contributed by atoms with Crippen molar-refractivity contribution in [1.29, 1.82) is 0 Å². The fourth-order valence-corrected chi connectivity index (χ4v) is 3.51. The highest BCUT2D eigenvalue weighted by molar-refractivity contribution is 5.42. The molecule has 1 aromatic carbocycles. The fraction of sp³-hybridized carbons (Fsp3) is 0.625. The van der Waals surface area contributed by atoms with E-state index >= 15 is 0 Å². The van der Waals surface area contributed by atoms with Crippen LogP contribution in [0, 0.1) is 0 Å². The van der Waals surface area contributed by atoms with Crippen molar-refractivity contribution in [3.63, 3.8) is 0 Å². The van der Waals surface area contributed by atoms with E-state index in [0.29, 0.717) is 0 Å². The molecular formula is C16H23NO. The quantitative estimate of drug-likeness (QED) is 0.868. The minimum Gasteiger partial charge on any atom is -0.493 e. The van der Waals surface area contributed by atoms with Gasteiger partial charge in [0.05, 0.1) is 6.61 Å². The summed E-state index contributed by atoms with van der Waals surface area (Å²) < 4.78 is 5.80. The summed E-state index contributed by atoms with van der Waals surface area (Å²) in [7, 11) is 0. The van der Waals surface area contributed by atoms with Crippen LogP contribution < -0.4 is 10.5 Å². The maximum atomic E-state index is 6.11.